The maximum atomic E-state index is 10.1. The Labute approximate surface area is 104 Å². The molecule has 0 bridgehead atoms. The van der Waals surface area contributed by atoms with Crippen molar-refractivity contribution in [3.8, 4) is 0 Å². The van der Waals surface area contributed by atoms with Crippen LogP contribution in [-0.4, -0.2) is 22.7 Å². The fourth-order valence-electron chi connectivity index (χ4n) is 2.60. The van der Waals surface area contributed by atoms with Gasteiger partial charge in [-0.1, -0.05) is 6.42 Å². The summed E-state index contributed by atoms with van der Waals surface area (Å²) in [4.78, 5) is 4.15. The minimum atomic E-state index is -0.267. The highest BCUT2D eigenvalue weighted by Crippen LogP contribution is 2.40. The predicted molar refractivity (Wildman–Crippen MR) is 67.0 cm³/mol. The van der Waals surface area contributed by atoms with Crippen LogP contribution in [0.1, 0.15) is 24.8 Å². The normalized spacial score (nSPS) is 29.6. The van der Waals surface area contributed by atoms with Gasteiger partial charge in [-0.05, 0) is 46.8 Å². The van der Waals surface area contributed by atoms with Crippen LogP contribution in [0.5, 0.6) is 0 Å². The zero-order valence-electron chi connectivity index (χ0n) is 9.19. The molecule has 0 radical (unpaired) electrons. The van der Waals surface area contributed by atoms with E-state index in [1.54, 1.807) is 6.20 Å². The molecule has 0 aromatic carbocycles. The fraction of sp³-hybridized carbons (Fsp3) is 0.583. The van der Waals surface area contributed by atoms with E-state index >= 15 is 0 Å². The number of nitrogens with zero attached hydrogens (tertiary/aromatic N) is 1. The van der Waals surface area contributed by atoms with Crippen LogP contribution in [0.4, 0.5) is 0 Å². The van der Waals surface area contributed by atoms with Gasteiger partial charge in [-0.15, -0.1) is 0 Å². The van der Waals surface area contributed by atoms with E-state index in [4.69, 9.17) is 5.73 Å². The van der Waals surface area contributed by atoms with Crippen molar-refractivity contribution in [1.82, 2.24) is 4.98 Å². The lowest BCUT2D eigenvalue weighted by molar-refractivity contribution is 0.0588. The van der Waals surface area contributed by atoms with Gasteiger partial charge in [0.15, 0.2) is 0 Å². The van der Waals surface area contributed by atoms with Crippen molar-refractivity contribution in [1.29, 1.82) is 0 Å². The molecule has 1 aliphatic rings. The van der Waals surface area contributed by atoms with Crippen LogP contribution in [-0.2, 0) is 6.42 Å². The van der Waals surface area contributed by atoms with E-state index in [9.17, 15) is 5.11 Å². The van der Waals surface area contributed by atoms with Gasteiger partial charge in [0.2, 0.25) is 0 Å². The van der Waals surface area contributed by atoms with Gasteiger partial charge in [-0.2, -0.15) is 0 Å². The molecule has 1 aromatic rings. The lowest BCUT2D eigenvalue weighted by Gasteiger charge is -2.31. The lowest BCUT2D eigenvalue weighted by atomic mass is 9.78. The van der Waals surface area contributed by atoms with Crippen molar-refractivity contribution < 1.29 is 5.11 Å². The maximum absolute atomic E-state index is 10.1. The summed E-state index contributed by atoms with van der Waals surface area (Å²) in [5.41, 5.74) is 6.86. The first-order chi connectivity index (χ1) is 7.66. The highest BCUT2D eigenvalue weighted by atomic mass is 79.9. The van der Waals surface area contributed by atoms with Gasteiger partial charge in [0.05, 0.1) is 6.10 Å². The van der Waals surface area contributed by atoms with Crippen LogP contribution in [0.15, 0.2) is 22.9 Å². The van der Waals surface area contributed by atoms with Gasteiger partial charge in [0, 0.05) is 28.8 Å². The molecule has 0 aliphatic heterocycles. The summed E-state index contributed by atoms with van der Waals surface area (Å²) in [6.45, 7) is 0.542. The molecular weight excluding hydrogens is 268 g/mol. The second-order valence-corrected chi connectivity index (χ2v) is 5.58. The molecule has 0 spiro atoms. The number of aliphatic hydroxyl groups excluding tert-OH is 1. The molecule has 0 saturated heterocycles. The van der Waals surface area contributed by atoms with E-state index in [-0.39, 0.29) is 11.5 Å². The van der Waals surface area contributed by atoms with E-state index in [0.29, 0.717) is 6.54 Å². The quantitative estimate of drug-likeness (QED) is 0.891. The van der Waals surface area contributed by atoms with Crippen molar-refractivity contribution in [2.24, 2.45) is 11.1 Å². The van der Waals surface area contributed by atoms with E-state index < -0.39 is 0 Å². The monoisotopic (exact) mass is 284 g/mol. The van der Waals surface area contributed by atoms with Gasteiger partial charge >= 0.3 is 0 Å². The van der Waals surface area contributed by atoms with Gasteiger partial charge < -0.3 is 10.8 Å². The minimum Gasteiger partial charge on any atom is -0.392 e. The largest absolute Gasteiger partial charge is 0.392 e. The third kappa shape index (κ3) is 2.29. The summed E-state index contributed by atoms with van der Waals surface area (Å²) in [6, 6.07) is 2.05. The van der Waals surface area contributed by atoms with Crippen molar-refractivity contribution in [2.75, 3.05) is 6.54 Å². The first-order valence-corrected chi connectivity index (χ1v) is 6.43. The molecule has 2 unspecified atom stereocenters. The summed E-state index contributed by atoms with van der Waals surface area (Å²) < 4.78 is 0.977. The number of halogens is 1. The van der Waals surface area contributed by atoms with Crippen LogP contribution >= 0.6 is 15.9 Å². The van der Waals surface area contributed by atoms with E-state index in [1.807, 2.05) is 6.20 Å². The van der Waals surface area contributed by atoms with Crippen LogP contribution in [0.2, 0.25) is 0 Å². The zero-order chi connectivity index (χ0) is 11.6. The lowest BCUT2D eigenvalue weighted by Crippen LogP contribution is -2.39. The number of hydrogen-bond donors (Lipinski definition) is 2. The third-order valence-electron chi connectivity index (χ3n) is 3.58. The van der Waals surface area contributed by atoms with Crippen molar-refractivity contribution in [2.45, 2.75) is 31.8 Å². The van der Waals surface area contributed by atoms with E-state index in [1.165, 1.54) is 0 Å². The molecule has 1 fully saturated rings. The average molecular weight is 285 g/mol. The van der Waals surface area contributed by atoms with Crippen molar-refractivity contribution in [3.05, 3.63) is 28.5 Å². The number of rotatable bonds is 3. The summed E-state index contributed by atoms with van der Waals surface area (Å²) in [5, 5.41) is 10.1. The summed E-state index contributed by atoms with van der Waals surface area (Å²) in [7, 11) is 0. The zero-order valence-corrected chi connectivity index (χ0v) is 10.8. The number of hydrogen-bond acceptors (Lipinski definition) is 3. The molecule has 1 saturated carbocycles. The maximum Gasteiger partial charge on any atom is 0.0611 e. The fourth-order valence-corrected chi connectivity index (χ4v) is 3.01. The van der Waals surface area contributed by atoms with Crippen LogP contribution in [0, 0.1) is 5.41 Å². The van der Waals surface area contributed by atoms with Crippen LogP contribution in [0.25, 0.3) is 0 Å². The predicted octanol–water partition coefficient (Wildman–Crippen LogP) is 1.88. The molecule has 16 heavy (non-hydrogen) atoms. The Hall–Kier alpha value is -0.450. The molecule has 3 nitrogen and oxygen atoms in total. The summed E-state index contributed by atoms with van der Waals surface area (Å²) >= 11 is 3.41. The molecule has 0 amide bonds. The number of pyridine rings is 1. The second-order valence-electron chi connectivity index (χ2n) is 4.66. The standard InChI is InChI=1S/C12H17BrN2O/c13-10-4-9(6-15-7-10)5-12(8-14)3-1-2-11(12)16/h4,6-7,11,16H,1-3,5,8,14H2. The van der Waals surface area contributed by atoms with Crippen LogP contribution in [0.3, 0.4) is 0 Å². The Balaban J connectivity index is 2.18. The van der Waals surface area contributed by atoms with E-state index in [2.05, 4.69) is 27.0 Å². The van der Waals surface area contributed by atoms with Gasteiger partial charge in [0.25, 0.3) is 0 Å². The van der Waals surface area contributed by atoms with Crippen LogP contribution < -0.4 is 5.73 Å². The first kappa shape index (κ1) is 12.0. The number of nitrogens with two attached hydrogens (primary N) is 1. The molecule has 1 aliphatic carbocycles. The Morgan fingerprint density at radius 3 is 2.94 bits per heavy atom. The Kier molecular flexibility index (Phi) is 3.62. The minimum absolute atomic E-state index is 0.136. The molecular formula is C12H17BrN2O. The summed E-state index contributed by atoms with van der Waals surface area (Å²) in [5.74, 6) is 0. The molecule has 2 rings (SSSR count). The van der Waals surface area contributed by atoms with Crippen molar-refractivity contribution >= 4 is 15.9 Å². The third-order valence-corrected chi connectivity index (χ3v) is 4.02. The van der Waals surface area contributed by atoms with E-state index in [0.717, 1.165) is 35.7 Å². The highest BCUT2D eigenvalue weighted by molar-refractivity contribution is 9.10. The molecule has 2 atom stereocenters. The Morgan fingerprint density at radius 1 is 1.56 bits per heavy atom. The Bertz CT molecular complexity index is 372. The first-order valence-electron chi connectivity index (χ1n) is 5.64. The smallest absolute Gasteiger partial charge is 0.0611 e. The van der Waals surface area contributed by atoms with Crippen molar-refractivity contribution in [3.63, 3.8) is 0 Å². The second kappa shape index (κ2) is 4.82. The molecule has 88 valence electrons. The highest BCUT2D eigenvalue weighted by Gasteiger charge is 2.40. The molecule has 1 aromatic heterocycles. The topological polar surface area (TPSA) is 59.1 Å². The Morgan fingerprint density at radius 2 is 2.38 bits per heavy atom. The molecule has 3 N–H and O–H groups in total. The number of aromatic nitrogens is 1. The molecule has 1 heterocycles. The average Bonchev–Trinajstić information content (AvgIpc) is 2.61. The van der Waals surface area contributed by atoms with Gasteiger partial charge in [-0.25, -0.2) is 0 Å². The SMILES string of the molecule is NCC1(Cc2cncc(Br)c2)CCCC1O. The molecule has 4 heteroatoms. The van der Waals surface area contributed by atoms with Gasteiger partial charge in [0.1, 0.15) is 0 Å². The summed E-state index contributed by atoms with van der Waals surface area (Å²) in [6.07, 6.45) is 7.13. The number of aliphatic hydroxyl groups is 1. The van der Waals surface area contributed by atoms with Gasteiger partial charge in [-0.3, -0.25) is 4.98 Å².